The van der Waals surface area contributed by atoms with Crippen LogP contribution in [0.2, 0.25) is 0 Å². The van der Waals surface area contributed by atoms with Crippen molar-refractivity contribution in [2.75, 3.05) is 39.4 Å². The van der Waals surface area contributed by atoms with Crippen LogP contribution in [0.5, 0.6) is 0 Å². The van der Waals surface area contributed by atoms with Crippen LogP contribution in [0.15, 0.2) is 4.99 Å². The summed E-state index contributed by atoms with van der Waals surface area (Å²) in [6.45, 7) is 9.31. The Morgan fingerprint density at radius 3 is 2.62 bits per heavy atom. The number of fused-ring (bicyclic) bond motifs is 1. The van der Waals surface area contributed by atoms with Crippen molar-refractivity contribution < 1.29 is 4.74 Å². The Labute approximate surface area is 191 Å². The van der Waals surface area contributed by atoms with Crippen molar-refractivity contribution in [3.63, 3.8) is 0 Å². The number of ether oxygens (including phenoxy) is 1. The first-order valence-corrected chi connectivity index (χ1v) is 11.1. The smallest absolute Gasteiger partial charge is 0.191 e. The van der Waals surface area contributed by atoms with Crippen LogP contribution in [-0.4, -0.2) is 70.6 Å². The largest absolute Gasteiger partial charge is 0.379 e. The maximum absolute atomic E-state index is 5.60. The fourth-order valence-corrected chi connectivity index (χ4v) is 4.92. The molecule has 0 amide bonds. The highest BCUT2D eigenvalue weighted by atomic mass is 127. The maximum atomic E-state index is 5.60. The Bertz CT molecular complexity index is 666. The van der Waals surface area contributed by atoms with Crippen molar-refractivity contribution in [1.29, 1.82) is 0 Å². The molecule has 0 unspecified atom stereocenters. The summed E-state index contributed by atoms with van der Waals surface area (Å²) in [5.74, 6) is 2.97. The molecule has 2 fully saturated rings. The first-order chi connectivity index (χ1) is 13.8. The lowest BCUT2D eigenvalue weighted by molar-refractivity contribution is -0.0352. The second-order valence-corrected chi connectivity index (χ2v) is 8.22. The number of aromatic nitrogens is 3. The highest BCUT2D eigenvalue weighted by molar-refractivity contribution is 14.0. The maximum Gasteiger partial charge on any atom is 0.191 e. The number of hydrogen-bond donors (Lipinski definition) is 2. The topological polar surface area (TPSA) is 79.6 Å². The Balaban J connectivity index is 0.00000240. The third kappa shape index (κ3) is 5.41. The van der Waals surface area contributed by atoms with Crippen LogP contribution < -0.4 is 10.6 Å². The van der Waals surface area contributed by atoms with E-state index in [1.165, 1.54) is 38.5 Å². The summed E-state index contributed by atoms with van der Waals surface area (Å²) in [6.07, 6.45) is 8.72. The van der Waals surface area contributed by atoms with Crippen molar-refractivity contribution >= 4 is 29.9 Å². The normalized spacial score (nSPS) is 22.0. The molecule has 0 spiro atoms. The summed E-state index contributed by atoms with van der Waals surface area (Å²) in [5.41, 5.74) is 0.230. The molecule has 0 radical (unpaired) electrons. The van der Waals surface area contributed by atoms with E-state index in [4.69, 9.17) is 9.73 Å². The summed E-state index contributed by atoms with van der Waals surface area (Å²) in [4.78, 5) is 7.49. The molecule has 1 aromatic heterocycles. The molecule has 1 saturated heterocycles. The van der Waals surface area contributed by atoms with Gasteiger partial charge in [0.15, 0.2) is 11.8 Å². The van der Waals surface area contributed by atoms with Gasteiger partial charge in [-0.2, -0.15) is 0 Å². The number of nitrogens with one attached hydrogen (secondary N) is 2. The number of aryl methyl sites for hydroxylation is 1. The molecule has 9 heteroatoms. The molecular weight excluding hydrogens is 481 g/mol. The van der Waals surface area contributed by atoms with Crippen molar-refractivity contribution in [3.05, 3.63) is 11.6 Å². The lowest BCUT2D eigenvalue weighted by atomic mass is 9.80. The molecule has 1 saturated carbocycles. The molecule has 3 heterocycles. The summed E-state index contributed by atoms with van der Waals surface area (Å²) in [5, 5.41) is 15.7. The molecule has 2 aliphatic heterocycles. The van der Waals surface area contributed by atoms with Crippen LogP contribution in [0.4, 0.5) is 0 Å². The van der Waals surface area contributed by atoms with Crippen molar-refractivity contribution in [2.45, 2.75) is 70.5 Å². The molecule has 0 bridgehead atoms. The molecule has 164 valence electrons. The molecule has 0 aromatic carbocycles. The Morgan fingerprint density at radius 1 is 1.07 bits per heavy atom. The van der Waals surface area contributed by atoms with E-state index in [9.17, 15) is 0 Å². The van der Waals surface area contributed by atoms with Gasteiger partial charge in [-0.1, -0.05) is 19.3 Å². The highest BCUT2D eigenvalue weighted by Crippen LogP contribution is 2.33. The van der Waals surface area contributed by atoms with Crippen LogP contribution in [0.25, 0.3) is 0 Å². The summed E-state index contributed by atoms with van der Waals surface area (Å²) in [6, 6.07) is 0. The Morgan fingerprint density at radius 2 is 1.86 bits per heavy atom. The predicted molar refractivity (Wildman–Crippen MR) is 125 cm³/mol. The minimum Gasteiger partial charge on any atom is -0.379 e. The van der Waals surface area contributed by atoms with E-state index in [0.29, 0.717) is 6.54 Å². The highest BCUT2D eigenvalue weighted by Gasteiger charge is 2.38. The third-order valence-corrected chi connectivity index (χ3v) is 6.46. The molecule has 8 nitrogen and oxygen atoms in total. The molecule has 2 N–H and O–H groups in total. The van der Waals surface area contributed by atoms with E-state index >= 15 is 0 Å². The predicted octanol–water partition coefficient (Wildman–Crippen LogP) is 1.93. The second kappa shape index (κ2) is 10.9. The number of aliphatic imine (C=N–C) groups is 1. The second-order valence-electron chi connectivity index (χ2n) is 8.22. The average molecular weight is 517 g/mol. The quantitative estimate of drug-likeness (QED) is 0.341. The van der Waals surface area contributed by atoms with Gasteiger partial charge in [-0.25, -0.2) is 4.99 Å². The van der Waals surface area contributed by atoms with Gasteiger partial charge < -0.3 is 19.9 Å². The Hall–Kier alpha value is -0.940. The number of halogens is 1. The van der Waals surface area contributed by atoms with Crippen molar-refractivity contribution in [1.82, 2.24) is 30.3 Å². The minimum atomic E-state index is 0. The zero-order chi connectivity index (χ0) is 19.2. The van der Waals surface area contributed by atoms with Gasteiger partial charge >= 0.3 is 0 Å². The molecule has 1 aliphatic carbocycles. The first-order valence-electron chi connectivity index (χ1n) is 11.1. The number of hydrogen-bond acceptors (Lipinski definition) is 5. The van der Waals surface area contributed by atoms with Gasteiger partial charge in [0.1, 0.15) is 12.4 Å². The van der Waals surface area contributed by atoms with Crippen LogP contribution in [0, 0.1) is 0 Å². The van der Waals surface area contributed by atoms with Crippen LogP contribution in [0.3, 0.4) is 0 Å². The van der Waals surface area contributed by atoms with Crippen molar-refractivity contribution in [2.24, 2.45) is 4.99 Å². The van der Waals surface area contributed by atoms with E-state index in [2.05, 4.69) is 37.2 Å². The molecular formula is C20H36IN7O. The average Bonchev–Trinajstić information content (AvgIpc) is 3.36. The van der Waals surface area contributed by atoms with Gasteiger partial charge in [0, 0.05) is 44.7 Å². The number of morpholine rings is 1. The van der Waals surface area contributed by atoms with Crippen LogP contribution in [-0.2, 0) is 24.2 Å². The third-order valence-electron chi connectivity index (χ3n) is 6.46. The molecule has 0 atom stereocenters. The fraction of sp³-hybridized carbons (Fsp3) is 0.850. The minimum absolute atomic E-state index is 0. The van der Waals surface area contributed by atoms with E-state index in [1.54, 1.807) is 0 Å². The Kier molecular flexibility index (Phi) is 8.55. The van der Waals surface area contributed by atoms with E-state index < -0.39 is 0 Å². The molecule has 3 aliphatic rings. The summed E-state index contributed by atoms with van der Waals surface area (Å²) >= 11 is 0. The zero-order valence-electron chi connectivity index (χ0n) is 17.7. The van der Waals surface area contributed by atoms with Gasteiger partial charge in [-0.05, 0) is 26.2 Å². The van der Waals surface area contributed by atoms with E-state index in [0.717, 1.165) is 70.0 Å². The van der Waals surface area contributed by atoms with E-state index in [-0.39, 0.29) is 29.5 Å². The lowest BCUT2D eigenvalue weighted by Gasteiger charge is -2.48. The zero-order valence-corrected chi connectivity index (χ0v) is 20.0. The molecule has 1 aromatic rings. The summed E-state index contributed by atoms with van der Waals surface area (Å²) < 4.78 is 7.83. The van der Waals surface area contributed by atoms with Gasteiger partial charge in [-0.15, -0.1) is 34.2 Å². The van der Waals surface area contributed by atoms with Crippen LogP contribution in [0.1, 0.15) is 57.1 Å². The SMILES string of the molecule is CCNC(=NCc1nnc2n1CCC2)NCC1(N2CCOCC2)CCCCC1.I. The fourth-order valence-electron chi connectivity index (χ4n) is 4.92. The number of rotatable bonds is 6. The standard InChI is InChI=1S/C20H35N7O.HI/c1-2-21-19(22-15-18-25-24-17-7-6-10-27(17)18)23-16-20(8-4-3-5-9-20)26-11-13-28-14-12-26;/h2-16H2,1H3,(H2,21,22,23);1H. The lowest BCUT2D eigenvalue weighted by Crippen LogP contribution is -2.60. The molecule has 29 heavy (non-hydrogen) atoms. The van der Waals surface area contributed by atoms with Crippen LogP contribution >= 0.6 is 24.0 Å². The van der Waals surface area contributed by atoms with Gasteiger partial charge in [0.25, 0.3) is 0 Å². The van der Waals surface area contributed by atoms with Gasteiger partial charge in [-0.3, -0.25) is 4.90 Å². The van der Waals surface area contributed by atoms with Crippen molar-refractivity contribution in [3.8, 4) is 0 Å². The molecule has 4 rings (SSSR count). The monoisotopic (exact) mass is 517 g/mol. The number of nitrogens with zero attached hydrogens (tertiary/aromatic N) is 5. The van der Waals surface area contributed by atoms with E-state index in [1.807, 2.05) is 0 Å². The summed E-state index contributed by atoms with van der Waals surface area (Å²) in [7, 11) is 0. The van der Waals surface area contributed by atoms with Gasteiger partial charge in [0.05, 0.1) is 13.2 Å². The first kappa shape index (κ1) is 22.7. The number of guanidine groups is 1. The van der Waals surface area contributed by atoms with Gasteiger partial charge in [0.2, 0.25) is 0 Å².